The number of amides is 1. The van der Waals surface area contributed by atoms with E-state index in [0.29, 0.717) is 18.0 Å². The highest BCUT2D eigenvalue weighted by Gasteiger charge is 2.31. The van der Waals surface area contributed by atoms with Gasteiger partial charge in [0, 0.05) is 50.9 Å². The minimum absolute atomic E-state index is 0.00769. The largest absolute Gasteiger partial charge is 0.394 e. The maximum Gasteiger partial charge on any atom is 0.266 e. The lowest BCUT2D eigenvalue weighted by Crippen LogP contribution is -2.39. The van der Waals surface area contributed by atoms with Crippen LogP contribution >= 0.6 is 11.3 Å². The lowest BCUT2D eigenvalue weighted by molar-refractivity contribution is 0.0729. The van der Waals surface area contributed by atoms with E-state index in [2.05, 4.69) is 22.4 Å². The van der Waals surface area contributed by atoms with Crippen molar-refractivity contribution in [3.63, 3.8) is 0 Å². The number of fused-ring (bicyclic) bond motifs is 1. The van der Waals surface area contributed by atoms with Crippen molar-refractivity contribution in [3.8, 4) is 5.13 Å². The maximum atomic E-state index is 13.4. The van der Waals surface area contributed by atoms with Crippen molar-refractivity contribution >= 4 is 23.5 Å². The molecule has 148 valence electrons. The molecule has 2 N–H and O–H groups in total. The van der Waals surface area contributed by atoms with Crippen molar-refractivity contribution in [1.82, 2.24) is 19.8 Å². The van der Waals surface area contributed by atoms with Crippen LogP contribution in [0.3, 0.4) is 0 Å². The molecule has 29 heavy (non-hydrogen) atoms. The van der Waals surface area contributed by atoms with Gasteiger partial charge in [0.2, 0.25) is 0 Å². The summed E-state index contributed by atoms with van der Waals surface area (Å²) >= 11 is 1.41. The second-order valence-electron chi connectivity index (χ2n) is 7.02. The average molecular weight is 406 g/mol. The number of benzene rings is 1. The fourth-order valence-corrected chi connectivity index (χ4v) is 4.75. The number of thiazole rings is 1. The molecule has 6 nitrogen and oxygen atoms in total. The molecule has 1 aromatic carbocycles. The van der Waals surface area contributed by atoms with E-state index < -0.39 is 0 Å². The Morgan fingerprint density at radius 3 is 2.76 bits per heavy atom. The summed E-state index contributed by atoms with van der Waals surface area (Å²) in [6, 6.07) is 12.1. The van der Waals surface area contributed by atoms with E-state index in [4.69, 9.17) is 5.41 Å². The number of hydrogen-bond donors (Lipinski definition) is 2. The molecular formula is C22H23N5OS. The monoisotopic (exact) mass is 405 g/mol. The Morgan fingerprint density at radius 1 is 1.28 bits per heavy atom. The number of rotatable bonds is 5. The van der Waals surface area contributed by atoms with Crippen molar-refractivity contribution in [2.75, 3.05) is 13.6 Å². The molecule has 1 atom stereocenters. The second-order valence-corrected chi connectivity index (χ2v) is 7.99. The normalized spacial score (nSPS) is 16.4. The summed E-state index contributed by atoms with van der Waals surface area (Å²) in [4.78, 5) is 20.6. The molecule has 3 heterocycles. The number of aromatic nitrogens is 2. The minimum atomic E-state index is -0.0361. The van der Waals surface area contributed by atoms with Crippen LogP contribution in [0.25, 0.3) is 5.13 Å². The average Bonchev–Trinajstić information content (AvgIpc) is 3.40. The van der Waals surface area contributed by atoms with Crippen molar-refractivity contribution < 1.29 is 4.79 Å². The smallest absolute Gasteiger partial charge is 0.266 e. The van der Waals surface area contributed by atoms with Gasteiger partial charge < -0.3 is 20.2 Å². The zero-order valence-corrected chi connectivity index (χ0v) is 17.2. The molecule has 0 spiro atoms. The van der Waals surface area contributed by atoms with Crippen LogP contribution in [0.15, 0.2) is 60.6 Å². The number of nitrogens with one attached hydrogen (secondary N) is 2. The predicted octanol–water partition coefficient (Wildman–Crippen LogP) is 3.73. The van der Waals surface area contributed by atoms with E-state index in [0.717, 1.165) is 22.0 Å². The SMILES string of the molecule is CN/C=C(\C=N)C1CN(C(=O)c2sc(-n3cccc3)nc2C)Cc2ccccc21. The first-order chi connectivity index (χ1) is 14.1. The first-order valence-electron chi connectivity index (χ1n) is 9.48. The predicted molar refractivity (Wildman–Crippen MR) is 116 cm³/mol. The van der Waals surface area contributed by atoms with Gasteiger partial charge in [-0.15, -0.1) is 0 Å². The molecule has 7 heteroatoms. The minimum Gasteiger partial charge on any atom is -0.394 e. The van der Waals surface area contributed by atoms with Crippen LogP contribution in [0, 0.1) is 12.3 Å². The fourth-order valence-electron chi connectivity index (χ4n) is 3.75. The van der Waals surface area contributed by atoms with Gasteiger partial charge in [-0.05, 0) is 35.8 Å². The Morgan fingerprint density at radius 2 is 2.03 bits per heavy atom. The summed E-state index contributed by atoms with van der Waals surface area (Å²) < 4.78 is 1.92. The van der Waals surface area contributed by atoms with Crippen molar-refractivity contribution in [2.45, 2.75) is 19.4 Å². The van der Waals surface area contributed by atoms with Gasteiger partial charge in [0.05, 0.1) is 5.69 Å². The molecule has 0 radical (unpaired) electrons. The van der Waals surface area contributed by atoms with E-state index in [1.165, 1.54) is 23.1 Å². The molecule has 0 bridgehead atoms. The number of aryl methyl sites for hydroxylation is 1. The number of carbonyl (C=O) groups is 1. The van der Waals surface area contributed by atoms with Crippen LogP contribution in [0.1, 0.15) is 32.4 Å². The first-order valence-corrected chi connectivity index (χ1v) is 10.3. The summed E-state index contributed by atoms with van der Waals surface area (Å²) in [5, 5.41) is 11.7. The molecule has 0 saturated heterocycles. The Kier molecular flexibility index (Phi) is 5.31. The van der Waals surface area contributed by atoms with Crippen molar-refractivity contribution in [3.05, 3.63) is 82.3 Å². The lowest BCUT2D eigenvalue weighted by Gasteiger charge is -2.35. The Bertz CT molecular complexity index is 1070. The van der Waals surface area contributed by atoms with Crippen LogP contribution < -0.4 is 5.32 Å². The number of carbonyl (C=O) groups excluding carboxylic acids is 1. The molecule has 3 aromatic rings. The zero-order valence-electron chi connectivity index (χ0n) is 16.4. The highest BCUT2D eigenvalue weighted by atomic mass is 32.1. The zero-order chi connectivity index (χ0) is 20.4. The Hall–Kier alpha value is -3.19. The standard InChI is InChI=1S/C22H23N5OS/c1-15-20(29-22(25-15)26-9-5-6-10-26)21(28)27-13-16-7-3-4-8-18(16)19(14-27)17(11-23)12-24-2/h3-12,19,23-24H,13-14H2,1-2H3/b17-12+,23-11?. The first kappa shape index (κ1) is 19.1. The van der Waals surface area contributed by atoms with E-state index in [1.54, 1.807) is 0 Å². The van der Waals surface area contributed by atoms with Gasteiger partial charge in [-0.25, -0.2) is 4.98 Å². The number of hydrogen-bond acceptors (Lipinski definition) is 5. The third kappa shape index (κ3) is 3.61. The highest BCUT2D eigenvalue weighted by Crippen LogP contribution is 2.34. The van der Waals surface area contributed by atoms with Crippen LogP contribution in [0.5, 0.6) is 0 Å². The molecule has 1 aliphatic rings. The van der Waals surface area contributed by atoms with Gasteiger partial charge in [-0.1, -0.05) is 35.6 Å². The third-order valence-corrected chi connectivity index (χ3v) is 6.33. The van der Waals surface area contributed by atoms with Crippen LogP contribution in [0.2, 0.25) is 0 Å². The van der Waals surface area contributed by atoms with Gasteiger partial charge >= 0.3 is 0 Å². The summed E-state index contributed by atoms with van der Waals surface area (Å²) in [5.41, 5.74) is 3.90. The van der Waals surface area contributed by atoms with Gasteiger partial charge in [-0.2, -0.15) is 0 Å². The van der Waals surface area contributed by atoms with Gasteiger partial charge in [0.15, 0.2) is 5.13 Å². The molecule has 0 aliphatic carbocycles. The van der Waals surface area contributed by atoms with E-state index >= 15 is 0 Å². The van der Waals surface area contributed by atoms with E-state index in [1.807, 2.05) is 66.3 Å². The van der Waals surface area contributed by atoms with Crippen LogP contribution in [-0.4, -0.2) is 40.2 Å². The molecule has 1 amide bonds. The van der Waals surface area contributed by atoms with Crippen LogP contribution in [0.4, 0.5) is 0 Å². The number of nitrogens with zero attached hydrogens (tertiary/aromatic N) is 3. The summed E-state index contributed by atoms with van der Waals surface area (Å²) in [5.74, 6) is -0.0438. The summed E-state index contributed by atoms with van der Waals surface area (Å²) in [6.07, 6.45) is 7.07. The second kappa shape index (κ2) is 8.05. The van der Waals surface area contributed by atoms with Crippen molar-refractivity contribution in [2.24, 2.45) is 0 Å². The van der Waals surface area contributed by atoms with Gasteiger partial charge in [-0.3, -0.25) is 4.79 Å². The Labute approximate surface area is 174 Å². The molecule has 0 fully saturated rings. The maximum absolute atomic E-state index is 13.4. The van der Waals surface area contributed by atoms with E-state index in [-0.39, 0.29) is 11.8 Å². The lowest BCUT2D eigenvalue weighted by atomic mass is 9.85. The molecular weight excluding hydrogens is 382 g/mol. The summed E-state index contributed by atoms with van der Waals surface area (Å²) in [7, 11) is 1.82. The van der Waals surface area contributed by atoms with Gasteiger partial charge in [0.1, 0.15) is 4.88 Å². The molecule has 1 unspecified atom stereocenters. The molecule has 0 saturated carbocycles. The molecule has 1 aliphatic heterocycles. The highest BCUT2D eigenvalue weighted by molar-refractivity contribution is 7.16. The topological polar surface area (TPSA) is 74.0 Å². The fraction of sp³-hybridized carbons (Fsp3) is 0.227. The van der Waals surface area contributed by atoms with Gasteiger partial charge in [0.25, 0.3) is 5.91 Å². The molecule has 4 rings (SSSR count). The summed E-state index contributed by atoms with van der Waals surface area (Å²) in [6.45, 7) is 2.98. The third-order valence-electron chi connectivity index (χ3n) is 5.17. The Balaban J connectivity index is 1.68. The molecule has 2 aromatic heterocycles. The van der Waals surface area contributed by atoms with E-state index in [9.17, 15) is 4.79 Å². The quantitative estimate of drug-likeness (QED) is 0.635. The van der Waals surface area contributed by atoms with Crippen molar-refractivity contribution in [1.29, 1.82) is 5.41 Å². The van der Waals surface area contributed by atoms with Crippen LogP contribution in [-0.2, 0) is 6.54 Å².